The fraction of sp³-hybridized carbons (Fsp3) is 0.208. The van der Waals surface area contributed by atoms with E-state index in [4.69, 9.17) is 14.2 Å². The molecule has 0 aliphatic carbocycles. The molecule has 0 unspecified atom stereocenters. The molecule has 1 aromatic heterocycles. The number of hydrogen-bond acceptors (Lipinski definition) is 4. The van der Waals surface area contributed by atoms with E-state index in [1.165, 1.54) is 9.36 Å². The number of aromatic amines is 1. The molecule has 0 aliphatic heterocycles. The predicted molar refractivity (Wildman–Crippen MR) is 119 cm³/mol. The maximum atomic E-state index is 12.2. The summed E-state index contributed by atoms with van der Waals surface area (Å²) in [5, 5.41) is 2.94. The first-order valence-corrected chi connectivity index (χ1v) is 9.89. The van der Waals surface area contributed by atoms with Gasteiger partial charge in [0.15, 0.2) is 0 Å². The van der Waals surface area contributed by atoms with Gasteiger partial charge in [-0.05, 0) is 60.0 Å². The van der Waals surface area contributed by atoms with Gasteiger partial charge in [0.1, 0.15) is 23.9 Å². The first-order chi connectivity index (χ1) is 15.0. The molecule has 160 valence electrons. The number of nitrogens with one attached hydrogen (secondary N) is 1. The Bertz CT molecular complexity index is 1270. The second-order valence-corrected chi connectivity index (χ2v) is 7.24. The number of benzene rings is 3. The molecule has 4 aromatic rings. The first kappa shape index (κ1) is 20.4. The Labute approximate surface area is 180 Å². The molecule has 0 saturated carbocycles. The van der Waals surface area contributed by atoms with E-state index >= 15 is 0 Å². The topological polar surface area (TPSA) is 70.4 Å². The van der Waals surface area contributed by atoms with Crippen LogP contribution in [0.2, 0.25) is 0 Å². The number of hydrogen-bond donors (Lipinski definition) is 1. The van der Waals surface area contributed by atoms with Crippen LogP contribution in [0, 0.1) is 6.92 Å². The summed E-state index contributed by atoms with van der Waals surface area (Å²) in [6.07, 6.45) is 0. The minimum atomic E-state index is -0.145. The van der Waals surface area contributed by atoms with Crippen molar-refractivity contribution in [3.8, 4) is 34.1 Å². The van der Waals surface area contributed by atoms with Gasteiger partial charge in [-0.3, -0.25) is 0 Å². The average Bonchev–Trinajstić information content (AvgIpc) is 2.81. The summed E-state index contributed by atoms with van der Waals surface area (Å²) in [7, 11) is 4.94. The molecule has 4 rings (SSSR count). The summed E-state index contributed by atoms with van der Waals surface area (Å²) >= 11 is 0. The highest BCUT2D eigenvalue weighted by Gasteiger charge is 2.16. The highest BCUT2D eigenvalue weighted by Crippen LogP contribution is 2.30. The summed E-state index contributed by atoms with van der Waals surface area (Å²) in [4.78, 5) is 12.2. The van der Waals surface area contributed by atoms with Gasteiger partial charge in [-0.1, -0.05) is 24.3 Å². The number of H-pyrrole nitrogens is 1. The van der Waals surface area contributed by atoms with Gasteiger partial charge in [0, 0.05) is 7.05 Å². The summed E-state index contributed by atoms with van der Waals surface area (Å²) in [5.74, 6) is 2.25. The third-order valence-corrected chi connectivity index (χ3v) is 5.25. The molecule has 3 aromatic carbocycles. The standard InChI is InChI=1S/C24H25N3O4/c1-16-13-18(17-7-5-8-19(14-17)29-3)11-12-22(16)31-15-20-21(9-6-10-23(20)30-4)27-24(28)26(2)25-27/h5-14,25H,15H2,1-4H3. The number of rotatable bonds is 7. The SMILES string of the molecule is COc1cccc(-c2ccc(OCc3c(OC)cccc3-n3[nH]n(C)c3=O)c(C)c2)c1. The van der Waals surface area contributed by atoms with Gasteiger partial charge < -0.3 is 14.2 Å². The molecule has 0 atom stereocenters. The van der Waals surface area contributed by atoms with Crippen molar-refractivity contribution < 1.29 is 14.2 Å². The maximum Gasteiger partial charge on any atom is 0.364 e. The van der Waals surface area contributed by atoms with E-state index in [1.54, 1.807) is 21.3 Å². The van der Waals surface area contributed by atoms with Crippen LogP contribution in [0.15, 0.2) is 65.5 Å². The Kier molecular flexibility index (Phi) is 5.58. The van der Waals surface area contributed by atoms with Gasteiger partial charge in [0.2, 0.25) is 0 Å². The molecule has 31 heavy (non-hydrogen) atoms. The lowest BCUT2D eigenvalue weighted by atomic mass is 10.0. The molecule has 7 heteroatoms. The van der Waals surface area contributed by atoms with Crippen molar-refractivity contribution in [3.63, 3.8) is 0 Å². The van der Waals surface area contributed by atoms with Crippen molar-refractivity contribution in [1.29, 1.82) is 0 Å². The number of aromatic nitrogens is 3. The van der Waals surface area contributed by atoms with E-state index < -0.39 is 0 Å². The lowest BCUT2D eigenvalue weighted by molar-refractivity contribution is 0.293. The molecule has 0 aliphatic rings. The lowest BCUT2D eigenvalue weighted by Gasteiger charge is -2.19. The van der Waals surface area contributed by atoms with Crippen LogP contribution in [-0.4, -0.2) is 28.8 Å². The van der Waals surface area contributed by atoms with Gasteiger partial charge in [-0.2, -0.15) is 4.68 Å². The van der Waals surface area contributed by atoms with E-state index in [2.05, 4.69) is 11.3 Å². The van der Waals surface area contributed by atoms with E-state index in [0.29, 0.717) is 11.4 Å². The van der Waals surface area contributed by atoms with Crippen LogP contribution >= 0.6 is 0 Å². The summed E-state index contributed by atoms with van der Waals surface area (Å²) < 4.78 is 19.9. The van der Waals surface area contributed by atoms with Crippen molar-refractivity contribution in [1.82, 2.24) is 14.6 Å². The predicted octanol–water partition coefficient (Wildman–Crippen LogP) is 4.08. The minimum Gasteiger partial charge on any atom is -0.497 e. The van der Waals surface area contributed by atoms with Crippen LogP contribution in [0.1, 0.15) is 11.1 Å². The molecular weight excluding hydrogens is 394 g/mol. The molecule has 0 saturated heterocycles. The highest BCUT2D eigenvalue weighted by atomic mass is 16.5. The molecule has 1 N–H and O–H groups in total. The first-order valence-electron chi connectivity index (χ1n) is 9.89. The van der Waals surface area contributed by atoms with E-state index in [9.17, 15) is 4.79 Å². The van der Waals surface area contributed by atoms with Crippen molar-refractivity contribution in [2.75, 3.05) is 14.2 Å². The van der Waals surface area contributed by atoms with E-state index in [-0.39, 0.29) is 12.3 Å². The summed E-state index contributed by atoms with van der Waals surface area (Å²) in [6.45, 7) is 2.27. The van der Waals surface area contributed by atoms with Gasteiger partial charge in [0.05, 0.1) is 25.5 Å². The molecule has 0 amide bonds. The molecule has 7 nitrogen and oxygen atoms in total. The van der Waals surface area contributed by atoms with Gasteiger partial charge in [0.25, 0.3) is 0 Å². The molecular formula is C24H25N3O4. The monoisotopic (exact) mass is 419 g/mol. The van der Waals surface area contributed by atoms with Gasteiger partial charge in [-0.15, -0.1) is 0 Å². The third kappa shape index (κ3) is 3.94. The van der Waals surface area contributed by atoms with Crippen LogP contribution in [0.3, 0.4) is 0 Å². The van der Waals surface area contributed by atoms with Crippen molar-refractivity contribution in [2.45, 2.75) is 13.5 Å². The zero-order valence-corrected chi connectivity index (χ0v) is 18.0. The lowest BCUT2D eigenvalue weighted by Crippen LogP contribution is -2.40. The average molecular weight is 419 g/mol. The van der Waals surface area contributed by atoms with Crippen molar-refractivity contribution >= 4 is 0 Å². The van der Waals surface area contributed by atoms with Gasteiger partial charge >= 0.3 is 5.69 Å². The minimum absolute atomic E-state index is 0.145. The summed E-state index contributed by atoms with van der Waals surface area (Å²) in [5.41, 5.74) is 4.51. The number of aryl methyl sites for hydroxylation is 2. The van der Waals surface area contributed by atoms with Crippen molar-refractivity contribution in [2.24, 2.45) is 7.05 Å². The number of ether oxygens (including phenoxy) is 3. The Hall–Kier alpha value is -3.87. The summed E-state index contributed by atoms with van der Waals surface area (Å²) in [6, 6.07) is 19.6. The van der Waals surface area contributed by atoms with Gasteiger partial charge in [-0.25, -0.2) is 14.7 Å². The molecule has 0 radical (unpaired) electrons. The maximum absolute atomic E-state index is 12.2. The molecule has 1 heterocycles. The van der Waals surface area contributed by atoms with Crippen LogP contribution in [0.4, 0.5) is 0 Å². The van der Waals surface area contributed by atoms with Crippen LogP contribution in [0.5, 0.6) is 17.2 Å². The second-order valence-electron chi connectivity index (χ2n) is 7.24. The Morgan fingerprint density at radius 2 is 1.68 bits per heavy atom. The third-order valence-electron chi connectivity index (χ3n) is 5.25. The largest absolute Gasteiger partial charge is 0.497 e. The normalized spacial score (nSPS) is 10.8. The van der Waals surface area contributed by atoms with Crippen LogP contribution < -0.4 is 19.9 Å². The Balaban J connectivity index is 1.60. The van der Waals surface area contributed by atoms with E-state index in [1.807, 2.05) is 61.5 Å². The van der Waals surface area contributed by atoms with Crippen LogP contribution in [-0.2, 0) is 13.7 Å². The fourth-order valence-electron chi connectivity index (χ4n) is 3.54. The number of nitrogens with zero attached hydrogens (tertiary/aromatic N) is 2. The Morgan fingerprint density at radius 1 is 0.903 bits per heavy atom. The zero-order chi connectivity index (χ0) is 22.0. The van der Waals surface area contributed by atoms with E-state index in [0.717, 1.165) is 33.8 Å². The van der Waals surface area contributed by atoms with Crippen LogP contribution in [0.25, 0.3) is 16.8 Å². The number of methoxy groups -OCH3 is 2. The molecule has 0 spiro atoms. The highest BCUT2D eigenvalue weighted by molar-refractivity contribution is 5.67. The molecule has 0 fully saturated rings. The fourth-order valence-corrected chi connectivity index (χ4v) is 3.54. The smallest absolute Gasteiger partial charge is 0.364 e. The zero-order valence-electron chi connectivity index (χ0n) is 18.0. The quantitative estimate of drug-likeness (QED) is 0.490. The van der Waals surface area contributed by atoms with Crippen molar-refractivity contribution in [3.05, 3.63) is 82.3 Å². The molecule has 0 bridgehead atoms. The second kappa shape index (κ2) is 8.47. The Morgan fingerprint density at radius 3 is 2.35 bits per heavy atom.